The van der Waals surface area contributed by atoms with Gasteiger partial charge in [0.15, 0.2) is 0 Å². The molecule has 0 aromatic rings. The molecule has 1 N–H and O–H groups in total. The molecule has 126 valence electrons. The molecule has 0 heterocycles. The van der Waals surface area contributed by atoms with Crippen molar-refractivity contribution in [1.82, 2.24) is 5.32 Å². The van der Waals surface area contributed by atoms with Crippen molar-refractivity contribution in [3.8, 4) is 0 Å². The lowest BCUT2D eigenvalue weighted by atomic mass is 10.1. The topological polar surface area (TPSA) is 56.8 Å². The number of hydrogen-bond donors (Lipinski definition) is 1. The molecule has 0 fully saturated rings. The molecule has 0 saturated heterocycles. The summed E-state index contributed by atoms with van der Waals surface area (Å²) in [6.45, 7) is 8.53. The highest BCUT2D eigenvalue weighted by Gasteiger charge is 1.99. The van der Waals surface area contributed by atoms with E-state index in [1.54, 1.807) is 0 Å². The first kappa shape index (κ1) is 20.3. The fourth-order valence-electron chi connectivity index (χ4n) is 1.75. The fourth-order valence-corrected chi connectivity index (χ4v) is 1.75. The minimum Gasteiger partial charge on any atom is -0.379 e. The van der Waals surface area contributed by atoms with Gasteiger partial charge in [-0.05, 0) is 12.8 Å². The molecule has 5 nitrogen and oxygen atoms in total. The molecule has 0 aliphatic carbocycles. The van der Waals surface area contributed by atoms with E-state index in [4.69, 9.17) is 14.2 Å². The maximum Gasteiger partial charge on any atom is 0.220 e. The molecule has 0 aromatic heterocycles. The molecule has 0 aromatic carbocycles. The molecule has 21 heavy (non-hydrogen) atoms. The quantitative estimate of drug-likeness (QED) is 0.445. The Hall–Kier alpha value is -0.650. The first-order chi connectivity index (χ1) is 10.3. The van der Waals surface area contributed by atoms with Gasteiger partial charge in [-0.2, -0.15) is 0 Å². The van der Waals surface area contributed by atoms with E-state index in [-0.39, 0.29) is 5.91 Å². The molecule has 0 atom stereocenters. The van der Waals surface area contributed by atoms with Crippen LogP contribution in [-0.2, 0) is 19.0 Å². The smallest absolute Gasteiger partial charge is 0.220 e. The van der Waals surface area contributed by atoms with Crippen molar-refractivity contribution in [2.45, 2.75) is 52.4 Å². The van der Waals surface area contributed by atoms with Crippen molar-refractivity contribution in [3.63, 3.8) is 0 Å². The Morgan fingerprint density at radius 2 is 1.38 bits per heavy atom. The van der Waals surface area contributed by atoms with Crippen LogP contribution in [0.4, 0.5) is 0 Å². The molecule has 0 bridgehead atoms. The molecule has 5 heteroatoms. The summed E-state index contributed by atoms with van der Waals surface area (Å²) in [4.78, 5) is 11.5. The van der Waals surface area contributed by atoms with Gasteiger partial charge >= 0.3 is 0 Å². The molecular weight excluding hydrogens is 270 g/mol. The molecule has 0 spiro atoms. The number of nitrogens with one attached hydrogen (secondary N) is 1. The van der Waals surface area contributed by atoms with Crippen LogP contribution in [0.1, 0.15) is 52.4 Å². The molecule has 0 unspecified atom stereocenters. The maximum absolute atomic E-state index is 11.5. The van der Waals surface area contributed by atoms with Gasteiger partial charge in [0.25, 0.3) is 0 Å². The highest BCUT2D eigenvalue weighted by Crippen LogP contribution is 2.01. The molecular formula is C16H33NO4. The summed E-state index contributed by atoms with van der Waals surface area (Å²) < 4.78 is 16.0. The van der Waals surface area contributed by atoms with Crippen molar-refractivity contribution in [1.29, 1.82) is 0 Å². The van der Waals surface area contributed by atoms with Gasteiger partial charge in [-0.25, -0.2) is 0 Å². The molecule has 0 aliphatic heterocycles. The lowest BCUT2D eigenvalue weighted by molar-refractivity contribution is -0.121. The van der Waals surface area contributed by atoms with Crippen LogP contribution in [0.2, 0.25) is 0 Å². The summed E-state index contributed by atoms with van der Waals surface area (Å²) in [5.74, 6) is 0.124. The number of unbranched alkanes of at least 4 members (excludes halogenated alkanes) is 3. The van der Waals surface area contributed by atoms with Crippen molar-refractivity contribution in [2.75, 3.05) is 46.2 Å². The molecule has 1 amide bonds. The van der Waals surface area contributed by atoms with E-state index in [1.165, 1.54) is 12.8 Å². The molecule has 0 radical (unpaired) electrons. The van der Waals surface area contributed by atoms with Crippen LogP contribution >= 0.6 is 0 Å². The van der Waals surface area contributed by atoms with Gasteiger partial charge in [0, 0.05) is 19.6 Å². The van der Waals surface area contributed by atoms with Crippen LogP contribution in [0.25, 0.3) is 0 Å². The van der Waals surface area contributed by atoms with E-state index in [1.807, 2.05) is 0 Å². The van der Waals surface area contributed by atoms with E-state index >= 15 is 0 Å². The summed E-state index contributed by atoms with van der Waals surface area (Å²) in [5.41, 5.74) is 0. The summed E-state index contributed by atoms with van der Waals surface area (Å²) in [7, 11) is 0. The van der Waals surface area contributed by atoms with Gasteiger partial charge in [0.05, 0.1) is 33.0 Å². The Balaban J connectivity index is 3.09. The Bertz CT molecular complexity index is 224. The molecule has 0 rings (SSSR count). The number of carbonyl (C=O) groups is 1. The number of hydrogen-bond acceptors (Lipinski definition) is 4. The highest BCUT2D eigenvalue weighted by atomic mass is 16.5. The van der Waals surface area contributed by atoms with E-state index < -0.39 is 0 Å². The first-order valence-electron chi connectivity index (χ1n) is 8.31. The van der Waals surface area contributed by atoms with Crippen molar-refractivity contribution < 1.29 is 19.0 Å². The van der Waals surface area contributed by atoms with Gasteiger partial charge in [-0.15, -0.1) is 0 Å². The van der Waals surface area contributed by atoms with Crippen LogP contribution in [0.15, 0.2) is 0 Å². The zero-order chi connectivity index (χ0) is 15.6. The zero-order valence-corrected chi connectivity index (χ0v) is 13.8. The van der Waals surface area contributed by atoms with Crippen molar-refractivity contribution in [3.05, 3.63) is 0 Å². The molecule has 0 aliphatic rings. The Labute approximate surface area is 129 Å². The summed E-state index contributed by atoms with van der Waals surface area (Å²) in [6.07, 6.45) is 6.19. The number of ether oxygens (including phenoxy) is 3. The summed E-state index contributed by atoms with van der Waals surface area (Å²) in [6, 6.07) is 0. The van der Waals surface area contributed by atoms with E-state index in [2.05, 4.69) is 19.2 Å². The standard InChI is InChI=1S/C16H33NO4/c1-3-5-6-7-8-16(18)17-9-11-20-13-15-21-14-12-19-10-4-2/h3-15H2,1-2H3,(H,17,18). The monoisotopic (exact) mass is 303 g/mol. The lowest BCUT2D eigenvalue weighted by Crippen LogP contribution is -2.27. The van der Waals surface area contributed by atoms with Crippen LogP contribution in [-0.4, -0.2) is 52.1 Å². The lowest BCUT2D eigenvalue weighted by Gasteiger charge is -2.07. The van der Waals surface area contributed by atoms with Crippen LogP contribution in [0, 0.1) is 0 Å². The second-order valence-corrected chi connectivity index (χ2v) is 5.00. The Kier molecular flexibility index (Phi) is 16.9. The predicted molar refractivity (Wildman–Crippen MR) is 84.5 cm³/mol. The third kappa shape index (κ3) is 17.3. The fraction of sp³-hybridized carbons (Fsp3) is 0.938. The Morgan fingerprint density at radius 1 is 0.762 bits per heavy atom. The van der Waals surface area contributed by atoms with Crippen LogP contribution in [0.5, 0.6) is 0 Å². The summed E-state index contributed by atoms with van der Waals surface area (Å²) in [5, 5.41) is 2.86. The number of amides is 1. The van der Waals surface area contributed by atoms with Gasteiger partial charge in [-0.3, -0.25) is 4.79 Å². The van der Waals surface area contributed by atoms with Gasteiger partial charge in [0.2, 0.25) is 5.91 Å². The number of rotatable bonds is 16. The van der Waals surface area contributed by atoms with Gasteiger partial charge in [-0.1, -0.05) is 33.1 Å². The minimum atomic E-state index is 0.124. The van der Waals surface area contributed by atoms with Gasteiger partial charge in [0.1, 0.15) is 0 Å². The van der Waals surface area contributed by atoms with Crippen LogP contribution in [0.3, 0.4) is 0 Å². The normalized spacial score (nSPS) is 10.8. The largest absolute Gasteiger partial charge is 0.379 e. The predicted octanol–water partition coefficient (Wildman–Crippen LogP) is 2.53. The number of carbonyl (C=O) groups excluding carboxylic acids is 1. The zero-order valence-electron chi connectivity index (χ0n) is 13.8. The maximum atomic E-state index is 11.5. The first-order valence-corrected chi connectivity index (χ1v) is 8.31. The van der Waals surface area contributed by atoms with E-state index in [9.17, 15) is 4.79 Å². The van der Waals surface area contributed by atoms with E-state index in [0.717, 1.165) is 25.9 Å². The Morgan fingerprint density at radius 3 is 2.00 bits per heavy atom. The van der Waals surface area contributed by atoms with E-state index in [0.29, 0.717) is 46.0 Å². The third-order valence-electron chi connectivity index (χ3n) is 2.92. The average molecular weight is 303 g/mol. The second-order valence-electron chi connectivity index (χ2n) is 5.00. The third-order valence-corrected chi connectivity index (χ3v) is 2.92. The van der Waals surface area contributed by atoms with Gasteiger partial charge < -0.3 is 19.5 Å². The molecule has 0 saturated carbocycles. The highest BCUT2D eigenvalue weighted by molar-refractivity contribution is 5.75. The van der Waals surface area contributed by atoms with Crippen molar-refractivity contribution >= 4 is 5.91 Å². The second kappa shape index (κ2) is 17.4. The van der Waals surface area contributed by atoms with Crippen LogP contribution < -0.4 is 5.32 Å². The minimum absolute atomic E-state index is 0.124. The average Bonchev–Trinajstić information content (AvgIpc) is 2.49. The van der Waals surface area contributed by atoms with Crippen molar-refractivity contribution in [2.24, 2.45) is 0 Å². The summed E-state index contributed by atoms with van der Waals surface area (Å²) >= 11 is 0. The SMILES string of the molecule is CCCCCCC(=O)NCCOCCOCCOCCC.